The molecule has 1 unspecified atom stereocenters. The lowest BCUT2D eigenvalue weighted by atomic mass is 9.99. The van der Waals surface area contributed by atoms with Crippen LogP contribution in [0.3, 0.4) is 0 Å². The molecule has 0 bridgehead atoms. The van der Waals surface area contributed by atoms with Crippen LogP contribution >= 0.6 is 0 Å². The van der Waals surface area contributed by atoms with Crippen LogP contribution in [0.5, 0.6) is 0 Å². The molecule has 0 aliphatic rings. The summed E-state index contributed by atoms with van der Waals surface area (Å²) in [6, 6.07) is 0. The summed E-state index contributed by atoms with van der Waals surface area (Å²) >= 11 is 0. The van der Waals surface area contributed by atoms with Gasteiger partial charge in [-0.1, -0.05) is 57.7 Å². The zero-order valence-corrected chi connectivity index (χ0v) is 15.1. The summed E-state index contributed by atoms with van der Waals surface area (Å²) in [5, 5.41) is 3.29. The zero-order chi connectivity index (χ0) is 16.6. The molecule has 0 rings (SSSR count). The molecule has 0 aromatic rings. The molecule has 1 N–H and O–H groups in total. The molecule has 0 radical (unpaired) electrons. The van der Waals surface area contributed by atoms with E-state index in [2.05, 4.69) is 82.1 Å². The lowest BCUT2D eigenvalue weighted by Gasteiger charge is -2.08. The molecule has 0 aromatic heterocycles. The van der Waals surface area contributed by atoms with Crippen LogP contribution < -0.4 is 5.32 Å². The summed E-state index contributed by atoms with van der Waals surface area (Å²) in [6.07, 6.45) is 22.3. The predicted octanol–water partition coefficient (Wildman–Crippen LogP) is 6.68. The first-order valence-corrected chi connectivity index (χ1v) is 8.71. The highest BCUT2D eigenvalue weighted by Crippen LogP contribution is 2.13. The Morgan fingerprint density at radius 1 is 1.00 bits per heavy atom. The third-order valence-corrected chi connectivity index (χ3v) is 3.45. The molecule has 0 aromatic carbocycles. The van der Waals surface area contributed by atoms with Crippen LogP contribution in [0.15, 0.2) is 60.5 Å². The van der Waals surface area contributed by atoms with Crippen molar-refractivity contribution in [3.8, 4) is 0 Å². The van der Waals surface area contributed by atoms with Gasteiger partial charge in [-0.15, -0.1) is 0 Å². The molecule has 1 atom stereocenters. The highest BCUT2D eigenvalue weighted by Gasteiger charge is 1.98. The van der Waals surface area contributed by atoms with Crippen LogP contribution in [0.2, 0.25) is 0 Å². The van der Waals surface area contributed by atoms with Crippen LogP contribution in [0.4, 0.5) is 0 Å². The molecule has 0 spiro atoms. The number of hydrogen-bond acceptors (Lipinski definition) is 1. The van der Waals surface area contributed by atoms with E-state index in [0.717, 1.165) is 36.6 Å². The van der Waals surface area contributed by atoms with Gasteiger partial charge in [0.1, 0.15) is 0 Å². The molecule has 0 aliphatic heterocycles. The molecule has 0 aliphatic carbocycles. The highest BCUT2D eigenvalue weighted by molar-refractivity contribution is 5.20. The minimum Gasteiger partial charge on any atom is -0.360 e. The van der Waals surface area contributed by atoms with Crippen LogP contribution in [-0.4, -0.2) is 0 Å². The normalized spacial score (nSPS) is 14.3. The van der Waals surface area contributed by atoms with Gasteiger partial charge < -0.3 is 5.32 Å². The minimum atomic E-state index is 0.785. The van der Waals surface area contributed by atoms with E-state index >= 15 is 0 Å². The molecule has 0 amide bonds. The maximum absolute atomic E-state index is 4.04. The largest absolute Gasteiger partial charge is 0.360 e. The number of rotatable bonds is 12. The first-order chi connectivity index (χ1) is 10.6. The predicted molar refractivity (Wildman–Crippen MR) is 102 cm³/mol. The van der Waals surface area contributed by atoms with E-state index in [4.69, 9.17) is 0 Å². The van der Waals surface area contributed by atoms with Crippen molar-refractivity contribution in [3.63, 3.8) is 0 Å². The van der Waals surface area contributed by atoms with Crippen LogP contribution in [0.1, 0.15) is 66.2 Å². The van der Waals surface area contributed by atoms with E-state index < -0.39 is 0 Å². The first-order valence-electron chi connectivity index (χ1n) is 8.71. The third-order valence-electron chi connectivity index (χ3n) is 3.45. The van der Waals surface area contributed by atoms with Gasteiger partial charge in [0.25, 0.3) is 0 Å². The molecular weight excluding hydrogens is 266 g/mol. The number of allylic oxidation sites excluding steroid dienone is 8. The fraction of sp³-hybridized carbons (Fsp3) is 0.524. The van der Waals surface area contributed by atoms with Gasteiger partial charge in [0.2, 0.25) is 0 Å². The van der Waals surface area contributed by atoms with E-state index in [1.165, 1.54) is 19.3 Å². The van der Waals surface area contributed by atoms with Crippen LogP contribution in [-0.2, 0) is 0 Å². The van der Waals surface area contributed by atoms with Gasteiger partial charge in [-0.3, -0.25) is 0 Å². The molecule has 1 heteroatoms. The topological polar surface area (TPSA) is 12.0 Å². The van der Waals surface area contributed by atoms with Gasteiger partial charge in [0.05, 0.1) is 0 Å². The smallest absolute Gasteiger partial charge is 0.0305 e. The van der Waals surface area contributed by atoms with Crippen molar-refractivity contribution >= 4 is 0 Å². The lowest BCUT2D eigenvalue weighted by Crippen LogP contribution is -2.07. The van der Waals surface area contributed by atoms with Gasteiger partial charge in [-0.2, -0.15) is 0 Å². The SMILES string of the molecule is C=C(/C=C\CCC(C)CC/C=C\CC)N/C(C)=C/C=C\CC. The lowest BCUT2D eigenvalue weighted by molar-refractivity contribution is 0.501. The minimum absolute atomic E-state index is 0.785. The van der Waals surface area contributed by atoms with Crippen LogP contribution in [0, 0.1) is 5.92 Å². The summed E-state index contributed by atoms with van der Waals surface area (Å²) in [4.78, 5) is 0. The molecule has 0 fully saturated rings. The monoisotopic (exact) mass is 301 g/mol. The van der Waals surface area contributed by atoms with Gasteiger partial charge in [-0.25, -0.2) is 0 Å². The van der Waals surface area contributed by atoms with Crippen LogP contribution in [0.25, 0.3) is 0 Å². The fourth-order valence-corrected chi connectivity index (χ4v) is 2.10. The Morgan fingerprint density at radius 2 is 1.64 bits per heavy atom. The Morgan fingerprint density at radius 3 is 2.27 bits per heavy atom. The van der Waals surface area contributed by atoms with Gasteiger partial charge >= 0.3 is 0 Å². The quantitative estimate of drug-likeness (QED) is 0.313. The number of hydrogen-bond donors (Lipinski definition) is 1. The average molecular weight is 302 g/mol. The van der Waals surface area contributed by atoms with Crippen molar-refractivity contribution in [2.24, 2.45) is 5.92 Å². The Balaban J connectivity index is 3.87. The maximum atomic E-state index is 4.04. The first kappa shape index (κ1) is 20.5. The van der Waals surface area contributed by atoms with Crippen molar-refractivity contribution in [3.05, 3.63) is 60.5 Å². The second-order valence-electron chi connectivity index (χ2n) is 5.88. The summed E-state index contributed by atoms with van der Waals surface area (Å²) in [7, 11) is 0. The summed E-state index contributed by atoms with van der Waals surface area (Å²) < 4.78 is 0. The zero-order valence-electron chi connectivity index (χ0n) is 15.1. The molecular formula is C21H35N. The second-order valence-corrected chi connectivity index (χ2v) is 5.88. The Hall–Kier alpha value is -1.50. The van der Waals surface area contributed by atoms with Crippen molar-refractivity contribution < 1.29 is 0 Å². The van der Waals surface area contributed by atoms with Gasteiger partial charge in [0.15, 0.2) is 0 Å². The van der Waals surface area contributed by atoms with E-state index in [1.807, 2.05) is 0 Å². The fourth-order valence-electron chi connectivity index (χ4n) is 2.10. The molecule has 22 heavy (non-hydrogen) atoms. The summed E-state index contributed by atoms with van der Waals surface area (Å²) in [5.74, 6) is 0.785. The van der Waals surface area contributed by atoms with Gasteiger partial charge in [0, 0.05) is 11.4 Å². The van der Waals surface area contributed by atoms with Crippen molar-refractivity contribution in [1.29, 1.82) is 0 Å². The maximum Gasteiger partial charge on any atom is 0.0305 e. The Bertz CT molecular complexity index is 396. The molecule has 124 valence electrons. The Labute approximate surface area is 138 Å². The van der Waals surface area contributed by atoms with E-state index in [-0.39, 0.29) is 0 Å². The standard InChI is InChI=1S/C21H35N/c1-6-8-10-12-15-19(3)16-13-14-18-21(5)22-20(4)17-11-9-7-2/h8-11,14,17-19,22H,5-7,12-13,15-16H2,1-4H3/b10-8-,11-9-,18-14-,20-17+. The molecule has 1 nitrogen and oxygen atoms in total. The highest BCUT2D eigenvalue weighted by atomic mass is 14.9. The van der Waals surface area contributed by atoms with E-state index in [1.54, 1.807) is 0 Å². The summed E-state index contributed by atoms with van der Waals surface area (Å²) in [6.45, 7) is 12.8. The van der Waals surface area contributed by atoms with E-state index in [9.17, 15) is 0 Å². The van der Waals surface area contributed by atoms with Crippen molar-refractivity contribution in [2.75, 3.05) is 0 Å². The molecule has 0 heterocycles. The average Bonchev–Trinajstić information content (AvgIpc) is 2.48. The van der Waals surface area contributed by atoms with Crippen molar-refractivity contribution in [2.45, 2.75) is 66.2 Å². The second kappa shape index (κ2) is 14.4. The van der Waals surface area contributed by atoms with E-state index in [0.29, 0.717) is 0 Å². The molecule has 0 saturated heterocycles. The van der Waals surface area contributed by atoms with Crippen molar-refractivity contribution in [1.82, 2.24) is 5.32 Å². The number of nitrogens with one attached hydrogen (secondary N) is 1. The molecule has 0 saturated carbocycles. The third kappa shape index (κ3) is 13.5. The summed E-state index contributed by atoms with van der Waals surface area (Å²) in [5.41, 5.74) is 2.08. The van der Waals surface area contributed by atoms with Gasteiger partial charge in [-0.05, 0) is 63.5 Å². The Kier molecular flexibility index (Phi) is 13.5.